The van der Waals surface area contributed by atoms with Gasteiger partial charge >= 0.3 is 0 Å². The van der Waals surface area contributed by atoms with Crippen molar-refractivity contribution >= 4 is 56.5 Å². The second kappa shape index (κ2) is 7.78. The van der Waals surface area contributed by atoms with Crippen LogP contribution in [0, 0.1) is 12.8 Å². The summed E-state index contributed by atoms with van der Waals surface area (Å²) in [6, 6.07) is 5.50. The zero-order chi connectivity index (χ0) is 19.0. The number of fused-ring (bicyclic) bond motifs is 3. The van der Waals surface area contributed by atoms with Crippen molar-refractivity contribution in [3.05, 3.63) is 45.6 Å². The van der Waals surface area contributed by atoms with Gasteiger partial charge in [-0.05, 0) is 55.4 Å². The topological polar surface area (TPSA) is 54.9 Å². The molecule has 140 valence electrons. The number of aromatic nitrogens is 2. The summed E-state index contributed by atoms with van der Waals surface area (Å²) in [5.74, 6) is 0.968. The standard InChI is InChI=1S/C20H20ClN3OS2/c1-11-3-6-14-16(7-11)27-20-18(14)19(22-10-23-20)26-9-17(25)24-15-8-13(21)5-4-12(15)2/h4-5,8,10-11H,3,6-7,9H2,1-2H3,(H,24,25). The minimum Gasteiger partial charge on any atom is -0.325 e. The maximum absolute atomic E-state index is 12.4. The van der Waals surface area contributed by atoms with E-state index in [0.717, 1.165) is 45.3 Å². The average molecular weight is 418 g/mol. The first-order valence-electron chi connectivity index (χ1n) is 8.95. The van der Waals surface area contributed by atoms with E-state index in [1.54, 1.807) is 23.7 Å². The summed E-state index contributed by atoms with van der Waals surface area (Å²) in [6.45, 7) is 4.25. The van der Waals surface area contributed by atoms with Gasteiger partial charge in [-0.1, -0.05) is 36.4 Å². The second-order valence-electron chi connectivity index (χ2n) is 7.01. The molecule has 1 aliphatic rings. The van der Waals surface area contributed by atoms with Gasteiger partial charge < -0.3 is 5.32 Å². The zero-order valence-electron chi connectivity index (χ0n) is 15.2. The fraction of sp³-hybridized carbons (Fsp3) is 0.350. The molecule has 0 saturated carbocycles. The van der Waals surface area contributed by atoms with Crippen LogP contribution in [0.25, 0.3) is 10.2 Å². The normalized spacial score (nSPS) is 16.3. The molecule has 4 rings (SSSR count). The van der Waals surface area contributed by atoms with Crippen LogP contribution in [0.3, 0.4) is 0 Å². The fourth-order valence-corrected chi connectivity index (χ4v) is 5.82. The first-order chi connectivity index (χ1) is 13.0. The van der Waals surface area contributed by atoms with E-state index in [1.165, 1.54) is 28.6 Å². The van der Waals surface area contributed by atoms with Crippen molar-refractivity contribution in [3.63, 3.8) is 0 Å². The monoisotopic (exact) mass is 417 g/mol. The Morgan fingerprint density at radius 3 is 3.11 bits per heavy atom. The molecule has 0 spiro atoms. The van der Waals surface area contributed by atoms with E-state index in [4.69, 9.17) is 11.6 Å². The molecule has 0 bridgehead atoms. The third kappa shape index (κ3) is 3.98. The number of anilines is 1. The van der Waals surface area contributed by atoms with Gasteiger partial charge in [0, 0.05) is 21.0 Å². The lowest BCUT2D eigenvalue weighted by molar-refractivity contribution is -0.113. The Morgan fingerprint density at radius 1 is 1.41 bits per heavy atom. The molecule has 1 amide bonds. The van der Waals surface area contributed by atoms with Crippen LogP contribution in [0.4, 0.5) is 5.69 Å². The lowest BCUT2D eigenvalue weighted by Gasteiger charge is -2.18. The van der Waals surface area contributed by atoms with Gasteiger partial charge in [-0.15, -0.1) is 11.3 Å². The molecule has 0 saturated heterocycles. The Hall–Kier alpha value is -1.63. The summed E-state index contributed by atoms with van der Waals surface area (Å²) >= 11 is 9.29. The molecule has 3 aromatic rings. The highest BCUT2D eigenvalue weighted by Crippen LogP contribution is 2.40. The average Bonchev–Trinajstić information content (AvgIpc) is 3.01. The zero-order valence-corrected chi connectivity index (χ0v) is 17.6. The Bertz CT molecular complexity index is 1020. The molecule has 1 N–H and O–H groups in total. The van der Waals surface area contributed by atoms with Gasteiger partial charge in [0.2, 0.25) is 5.91 Å². The van der Waals surface area contributed by atoms with E-state index in [9.17, 15) is 4.79 Å². The lowest BCUT2D eigenvalue weighted by Crippen LogP contribution is -2.15. The highest BCUT2D eigenvalue weighted by molar-refractivity contribution is 8.00. The quantitative estimate of drug-likeness (QED) is 0.449. The predicted octanol–water partition coefficient (Wildman–Crippen LogP) is 5.51. The van der Waals surface area contributed by atoms with Crippen molar-refractivity contribution in [3.8, 4) is 0 Å². The molecule has 1 aliphatic carbocycles. The number of nitrogens with one attached hydrogen (secondary N) is 1. The van der Waals surface area contributed by atoms with Gasteiger partial charge in [0.05, 0.1) is 5.75 Å². The summed E-state index contributed by atoms with van der Waals surface area (Å²) in [6.07, 6.45) is 5.00. The number of carbonyl (C=O) groups excluding carboxylic acids is 1. The number of halogens is 1. The number of hydrogen-bond donors (Lipinski definition) is 1. The highest BCUT2D eigenvalue weighted by atomic mass is 35.5. The Balaban J connectivity index is 1.52. The van der Waals surface area contributed by atoms with Crippen molar-refractivity contribution < 1.29 is 4.79 Å². The largest absolute Gasteiger partial charge is 0.325 e. The molecule has 1 aromatic carbocycles. The Labute approximate surface area is 171 Å². The molecule has 7 heteroatoms. The second-order valence-corrected chi connectivity index (χ2v) is 9.49. The minimum absolute atomic E-state index is 0.0603. The lowest BCUT2D eigenvalue weighted by atomic mass is 9.89. The number of carbonyl (C=O) groups is 1. The summed E-state index contributed by atoms with van der Waals surface area (Å²) in [7, 11) is 0. The SMILES string of the molecule is Cc1ccc(Cl)cc1NC(=O)CSc1ncnc2sc3c(c12)CCC(C)C3. The number of rotatable bonds is 4. The highest BCUT2D eigenvalue weighted by Gasteiger charge is 2.23. The first-order valence-corrected chi connectivity index (χ1v) is 11.1. The number of benzene rings is 1. The van der Waals surface area contributed by atoms with Crippen LogP contribution in [0.15, 0.2) is 29.6 Å². The van der Waals surface area contributed by atoms with Gasteiger partial charge in [-0.3, -0.25) is 4.79 Å². The maximum Gasteiger partial charge on any atom is 0.234 e. The van der Waals surface area contributed by atoms with Crippen molar-refractivity contribution in [2.24, 2.45) is 5.92 Å². The molecule has 1 unspecified atom stereocenters. The van der Waals surface area contributed by atoms with Crippen LogP contribution in [0.2, 0.25) is 5.02 Å². The number of aryl methyl sites for hydroxylation is 2. The molecule has 4 nitrogen and oxygen atoms in total. The predicted molar refractivity (Wildman–Crippen MR) is 114 cm³/mol. The van der Waals surface area contributed by atoms with Gasteiger partial charge in [0.1, 0.15) is 16.2 Å². The van der Waals surface area contributed by atoms with Crippen LogP contribution >= 0.6 is 34.7 Å². The number of thioether (sulfide) groups is 1. The van der Waals surface area contributed by atoms with Crippen LogP contribution in [0.1, 0.15) is 29.3 Å². The number of amides is 1. The van der Waals surface area contributed by atoms with E-state index < -0.39 is 0 Å². The van der Waals surface area contributed by atoms with E-state index in [2.05, 4.69) is 22.2 Å². The van der Waals surface area contributed by atoms with E-state index in [0.29, 0.717) is 10.8 Å². The molecule has 2 heterocycles. The van der Waals surface area contributed by atoms with Gasteiger partial charge in [0.25, 0.3) is 0 Å². The first kappa shape index (κ1) is 18.7. The molecule has 0 radical (unpaired) electrons. The maximum atomic E-state index is 12.4. The van der Waals surface area contributed by atoms with Gasteiger partial charge in [0.15, 0.2) is 0 Å². The third-order valence-electron chi connectivity index (χ3n) is 4.87. The molecule has 0 aliphatic heterocycles. The number of thiophene rings is 1. The molecular weight excluding hydrogens is 398 g/mol. The van der Waals surface area contributed by atoms with Crippen molar-refractivity contribution in [1.82, 2.24) is 9.97 Å². The summed E-state index contributed by atoms with van der Waals surface area (Å²) in [5.41, 5.74) is 3.13. The molecule has 1 atom stereocenters. The van der Waals surface area contributed by atoms with Crippen molar-refractivity contribution in [2.75, 3.05) is 11.1 Å². The Morgan fingerprint density at radius 2 is 2.26 bits per heavy atom. The van der Waals surface area contributed by atoms with Crippen LogP contribution in [-0.2, 0) is 17.6 Å². The van der Waals surface area contributed by atoms with Gasteiger partial charge in [-0.25, -0.2) is 9.97 Å². The number of nitrogens with zero attached hydrogens (tertiary/aromatic N) is 2. The molecule has 2 aromatic heterocycles. The number of hydrogen-bond acceptors (Lipinski definition) is 5. The molecule has 27 heavy (non-hydrogen) atoms. The summed E-state index contributed by atoms with van der Waals surface area (Å²) in [4.78, 5) is 23.9. The van der Waals surface area contributed by atoms with Crippen molar-refractivity contribution in [2.45, 2.75) is 38.1 Å². The van der Waals surface area contributed by atoms with E-state index in [-0.39, 0.29) is 5.91 Å². The van der Waals surface area contributed by atoms with E-state index in [1.807, 2.05) is 19.1 Å². The van der Waals surface area contributed by atoms with Crippen LogP contribution in [-0.4, -0.2) is 21.6 Å². The van der Waals surface area contributed by atoms with Gasteiger partial charge in [-0.2, -0.15) is 0 Å². The van der Waals surface area contributed by atoms with Crippen molar-refractivity contribution in [1.29, 1.82) is 0 Å². The van der Waals surface area contributed by atoms with Crippen LogP contribution < -0.4 is 5.32 Å². The molecular formula is C20H20ClN3OS2. The van der Waals surface area contributed by atoms with Crippen LogP contribution in [0.5, 0.6) is 0 Å². The third-order valence-corrected chi connectivity index (χ3v) is 7.26. The summed E-state index contributed by atoms with van der Waals surface area (Å²) < 4.78 is 0. The molecule has 0 fully saturated rings. The van der Waals surface area contributed by atoms with E-state index >= 15 is 0 Å². The smallest absolute Gasteiger partial charge is 0.234 e. The fourth-order valence-electron chi connectivity index (χ4n) is 3.40. The minimum atomic E-state index is -0.0603. The Kier molecular flexibility index (Phi) is 5.39. The summed E-state index contributed by atoms with van der Waals surface area (Å²) in [5, 5.41) is 5.62.